The van der Waals surface area contributed by atoms with Crippen LogP contribution in [0.2, 0.25) is 0 Å². The van der Waals surface area contributed by atoms with E-state index in [1.807, 2.05) is 19.9 Å². The summed E-state index contributed by atoms with van der Waals surface area (Å²) in [4.78, 5) is 13.4. The summed E-state index contributed by atoms with van der Waals surface area (Å²) in [5, 5.41) is 41.4. The van der Waals surface area contributed by atoms with Gasteiger partial charge in [-0.3, -0.25) is 4.79 Å². The zero-order valence-electron chi connectivity index (χ0n) is 17.2. The van der Waals surface area contributed by atoms with Crippen molar-refractivity contribution in [1.29, 1.82) is 0 Å². The molecule has 0 unspecified atom stereocenters. The lowest BCUT2D eigenvalue weighted by Gasteiger charge is -2.28. The lowest BCUT2D eigenvalue weighted by atomic mass is 9.92. The Morgan fingerprint density at radius 1 is 1.13 bits per heavy atom. The minimum atomic E-state index is -1.44. The van der Waals surface area contributed by atoms with Crippen LogP contribution in [0.1, 0.15) is 38.8 Å². The molecular weight excluding hydrogens is 388 g/mol. The van der Waals surface area contributed by atoms with E-state index in [-0.39, 0.29) is 45.4 Å². The summed E-state index contributed by atoms with van der Waals surface area (Å²) < 4.78 is 11.9. The molecule has 0 spiro atoms. The van der Waals surface area contributed by atoms with Gasteiger partial charge in [0.2, 0.25) is 5.43 Å². The second kappa shape index (κ2) is 6.48. The molecule has 2 heterocycles. The summed E-state index contributed by atoms with van der Waals surface area (Å²) >= 11 is 0. The predicted molar refractivity (Wildman–Crippen MR) is 113 cm³/mol. The van der Waals surface area contributed by atoms with Gasteiger partial charge in [0.1, 0.15) is 33.8 Å². The van der Waals surface area contributed by atoms with Crippen LogP contribution >= 0.6 is 0 Å². The number of aromatic hydroxyl groups is 2. The molecule has 3 aromatic rings. The first kappa shape index (κ1) is 20.3. The highest BCUT2D eigenvalue weighted by molar-refractivity contribution is 6.00. The fraction of sp³-hybridized carbons (Fsp3) is 0.348. The molecule has 0 amide bonds. The number of rotatable bonds is 3. The highest BCUT2D eigenvalue weighted by Crippen LogP contribution is 2.41. The van der Waals surface area contributed by atoms with Crippen molar-refractivity contribution in [2.24, 2.45) is 0 Å². The van der Waals surface area contributed by atoms with E-state index in [4.69, 9.17) is 9.15 Å². The number of hydrogen-bond acceptors (Lipinski definition) is 7. The number of aliphatic hydroxyl groups is 2. The minimum Gasteiger partial charge on any atom is -0.508 e. The Hall–Kier alpha value is -3.03. The molecule has 1 aromatic heterocycles. The van der Waals surface area contributed by atoms with Gasteiger partial charge in [0.05, 0.1) is 22.7 Å². The van der Waals surface area contributed by atoms with Gasteiger partial charge in [-0.15, -0.1) is 0 Å². The monoisotopic (exact) mass is 412 g/mol. The third-order valence-corrected chi connectivity index (χ3v) is 5.41. The first-order valence-electron chi connectivity index (χ1n) is 9.65. The van der Waals surface area contributed by atoms with Crippen LogP contribution in [0.15, 0.2) is 33.5 Å². The van der Waals surface area contributed by atoms with Crippen LogP contribution in [0.4, 0.5) is 0 Å². The van der Waals surface area contributed by atoms with Crippen molar-refractivity contribution >= 4 is 28.0 Å². The van der Waals surface area contributed by atoms with E-state index in [0.717, 1.165) is 0 Å². The van der Waals surface area contributed by atoms with Crippen LogP contribution in [-0.2, 0) is 6.42 Å². The SMILES string of the molecule is CC1(C)C=Cc2c(cc(O)c3c(=O)c4c(C[C@@H](O)C(C)(C)O)c(O)ccc4oc23)O1. The Bertz CT molecular complexity index is 1260. The summed E-state index contributed by atoms with van der Waals surface area (Å²) in [5.41, 5.74) is -1.52. The Morgan fingerprint density at radius 2 is 1.83 bits per heavy atom. The van der Waals surface area contributed by atoms with Gasteiger partial charge >= 0.3 is 0 Å². The Balaban J connectivity index is 2.04. The first-order valence-corrected chi connectivity index (χ1v) is 9.65. The third-order valence-electron chi connectivity index (χ3n) is 5.41. The number of phenolic OH excluding ortho intramolecular Hbond substituents is 2. The number of aliphatic hydroxyl groups excluding tert-OH is 1. The number of ether oxygens (including phenoxy) is 1. The van der Waals surface area contributed by atoms with Crippen molar-refractivity contribution in [2.75, 3.05) is 0 Å². The van der Waals surface area contributed by atoms with E-state index >= 15 is 0 Å². The van der Waals surface area contributed by atoms with Crippen LogP contribution in [0.3, 0.4) is 0 Å². The molecule has 7 nitrogen and oxygen atoms in total. The van der Waals surface area contributed by atoms with Gasteiger partial charge in [-0.1, -0.05) is 0 Å². The first-order chi connectivity index (χ1) is 13.9. The second-order valence-corrected chi connectivity index (χ2v) is 8.79. The van der Waals surface area contributed by atoms with Crippen molar-refractivity contribution in [3.63, 3.8) is 0 Å². The molecule has 7 heteroatoms. The maximum Gasteiger partial charge on any atom is 0.204 e. The van der Waals surface area contributed by atoms with Crippen molar-refractivity contribution < 1.29 is 29.6 Å². The quantitative estimate of drug-likeness (QED) is 0.488. The molecule has 1 aliphatic heterocycles. The highest BCUT2D eigenvalue weighted by Gasteiger charge is 2.30. The second-order valence-electron chi connectivity index (χ2n) is 8.79. The molecule has 1 aliphatic rings. The van der Waals surface area contributed by atoms with Crippen molar-refractivity contribution in [2.45, 2.75) is 51.4 Å². The standard InChI is InChI=1S/C23H24O7/c1-22(2)8-7-11-16(30-22)10-14(25)19-20(27)18-12(9-17(26)23(3,4)28)13(24)5-6-15(18)29-21(11)19/h5-8,10,17,24-26,28H,9H2,1-4H3/t17-/m1/s1. The molecule has 0 aliphatic carbocycles. The Labute approximate surface area is 172 Å². The van der Waals surface area contributed by atoms with Crippen LogP contribution < -0.4 is 10.2 Å². The normalized spacial score (nSPS) is 16.5. The largest absolute Gasteiger partial charge is 0.508 e. The molecular formula is C23H24O7. The molecule has 0 saturated heterocycles. The van der Waals surface area contributed by atoms with Crippen molar-refractivity contribution in [3.8, 4) is 17.2 Å². The van der Waals surface area contributed by atoms with E-state index in [2.05, 4.69) is 0 Å². The molecule has 30 heavy (non-hydrogen) atoms. The smallest absolute Gasteiger partial charge is 0.204 e. The highest BCUT2D eigenvalue weighted by atomic mass is 16.5. The number of phenols is 2. The van der Waals surface area contributed by atoms with Gasteiger partial charge in [0, 0.05) is 18.1 Å². The molecule has 4 N–H and O–H groups in total. The van der Waals surface area contributed by atoms with Gasteiger partial charge in [0.15, 0.2) is 5.58 Å². The Kier molecular flexibility index (Phi) is 4.38. The number of fused-ring (bicyclic) bond motifs is 4. The minimum absolute atomic E-state index is 0.0428. The van der Waals surface area contributed by atoms with Crippen LogP contribution in [-0.4, -0.2) is 37.7 Å². The fourth-order valence-electron chi connectivity index (χ4n) is 3.64. The zero-order chi connectivity index (χ0) is 22.0. The molecule has 158 valence electrons. The Morgan fingerprint density at radius 3 is 2.50 bits per heavy atom. The number of benzene rings is 2. The summed E-state index contributed by atoms with van der Waals surface area (Å²) in [5.74, 6) is -0.117. The average Bonchev–Trinajstić information content (AvgIpc) is 2.62. The molecule has 0 saturated carbocycles. The van der Waals surface area contributed by atoms with Gasteiger partial charge in [-0.25, -0.2) is 0 Å². The maximum absolute atomic E-state index is 13.4. The van der Waals surface area contributed by atoms with E-state index in [0.29, 0.717) is 11.3 Å². The summed E-state index contributed by atoms with van der Waals surface area (Å²) in [7, 11) is 0. The average molecular weight is 412 g/mol. The van der Waals surface area contributed by atoms with E-state index in [9.17, 15) is 25.2 Å². The lowest BCUT2D eigenvalue weighted by Crippen LogP contribution is -2.37. The topological polar surface area (TPSA) is 120 Å². The van der Waals surface area contributed by atoms with E-state index < -0.39 is 22.7 Å². The van der Waals surface area contributed by atoms with Crippen molar-refractivity contribution in [3.05, 3.63) is 45.6 Å². The molecule has 2 aromatic carbocycles. The zero-order valence-corrected chi connectivity index (χ0v) is 17.2. The molecule has 4 rings (SSSR count). The lowest BCUT2D eigenvalue weighted by molar-refractivity contribution is -0.0469. The summed E-state index contributed by atoms with van der Waals surface area (Å²) in [6, 6.07) is 4.20. The predicted octanol–water partition coefficient (Wildman–Crippen LogP) is 3.22. The van der Waals surface area contributed by atoms with E-state index in [1.165, 1.54) is 32.0 Å². The van der Waals surface area contributed by atoms with Crippen LogP contribution in [0, 0.1) is 0 Å². The van der Waals surface area contributed by atoms with Gasteiger partial charge < -0.3 is 29.6 Å². The third kappa shape index (κ3) is 3.20. The molecule has 0 bridgehead atoms. The molecule has 1 atom stereocenters. The number of hydrogen-bond donors (Lipinski definition) is 4. The van der Waals surface area contributed by atoms with E-state index in [1.54, 1.807) is 6.08 Å². The maximum atomic E-state index is 13.4. The molecule has 0 radical (unpaired) electrons. The van der Waals surface area contributed by atoms with Gasteiger partial charge in [-0.2, -0.15) is 0 Å². The summed E-state index contributed by atoms with van der Waals surface area (Å²) in [6.07, 6.45) is 2.21. The fourth-order valence-corrected chi connectivity index (χ4v) is 3.64. The molecule has 0 fully saturated rings. The summed E-state index contributed by atoms with van der Waals surface area (Å²) in [6.45, 7) is 6.61. The van der Waals surface area contributed by atoms with Gasteiger partial charge in [0.25, 0.3) is 0 Å². The van der Waals surface area contributed by atoms with Crippen LogP contribution in [0.25, 0.3) is 28.0 Å². The van der Waals surface area contributed by atoms with Crippen molar-refractivity contribution in [1.82, 2.24) is 0 Å². The van der Waals surface area contributed by atoms with Gasteiger partial charge in [-0.05, 0) is 52.0 Å². The van der Waals surface area contributed by atoms with Crippen LogP contribution in [0.5, 0.6) is 17.2 Å².